The smallest absolute Gasteiger partial charge is 0.324 e. The van der Waals surface area contributed by atoms with E-state index in [1.165, 1.54) is 0 Å². The highest BCUT2D eigenvalue weighted by Gasteiger charge is 2.51. The molecule has 1 unspecified atom stereocenters. The SMILES string of the molecule is CCC1(c2ccccc2)NC(=O)N(CC(=O)Nc2cccc(Br)c2)C1=O. The number of carbonyl (C=O) groups excluding carboxylic acids is 3. The fourth-order valence-corrected chi connectivity index (χ4v) is 3.44. The standard InChI is InChI=1S/C19H18BrN3O3/c1-2-19(13-7-4-3-5-8-13)17(25)23(18(26)22-19)12-16(24)21-15-10-6-9-14(20)11-15/h3-11H,2,12H2,1H3,(H,21,24)(H,22,26). The number of rotatable bonds is 5. The number of anilines is 1. The number of benzene rings is 2. The maximum Gasteiger partial charge on any atom is 0.325 e. The molecule has 7 heteroatoms. The Morgan fingerprint density at radius 1 is 1.15 bits per heavy atom. The van der Waals surface area contributed by atoms with Crippen molar-refractivity contribution in [3.8, 4) is 0 Å². The lowest BCUT2D eigenvalue weighted by atomic mass is 9.87. The number of halogens is 1. The molecular weight excluding hydrogens is 398 g/mol. The van der Waals surface area contributed by atoms with Crippen LogP contribution >= 0.6 is 15.9 Å². The van der Waals surface area contributed by atoms with Gasteiger partial charge in [-0.1, -0.05) is 59.3 Å². The number of nitrogens with zero attached hydrogens (tertiary/aromatic N) is 1. The maximum absolute atomic E-state index is 13.0. The molecule has 1 aliphatic heterocycles. The van der Waals surface area contributed by atoms with Crippen LogP contribution in [0.15, 0.2) is 59.1 Å². The van der Waals surface area contributed by atoms with Crippen LogP contribution in [0, 0.1) is 0 Å². The van der Waals surface area contributed by atoms with Gasteiger partial charge in [0.2, 0.25) is 5.91 Å². The van der Waals surface area contributed by atoms with Crippen molar-refractivity contribution in [3.05, 3.63) is 64.6 Å². The van der Waals surface area contributed by atoms with E-state index >= 15 is 0 Å². The molecule has 4 amide bonds. The second-order valence-electron chi connectivity index (χ2n) is 6.00. The lowest BCUT2D eigenvalue weighted by Crippen LogP contribution is -2.44. The summed E-state index contributed by atoms with van der Waals surface area (Å²) in [5, 5.41) is 5.45. The van der Waals surface area contributed by atoms with E-state index < -0.39 is 23.4 Å². The molecular formula is C19H18BrN3O3. The first-order valence-corrected chi connectivity index (χ1v) is 9.00. The Labute approximate surface area is 159 Å². The normalized spacial score (nSPS) is 19.4. The third-order valence-electron chi connectivity index (χ3n) is 4.38. The molecule has 3 rings (SSSR count). The second-order valence-corrected chi connectivity index (χ2v) is 6.92. The fourth-order valence-electron chi connectivity index (χ4n) is 3.04. The summed E-state index contributed by atoms with van der Waals surface area (Å²) in [5.74, 6) is -0.854. The highest BCUT2D eigenvalue weighted by Crippen LogP contribution is 2.32. The minimum atomic E-state index is -1.13. The molecule has 1 saturated heterocycles. The first kappa shape index (κ1) is 18.1. The summed E-state index contributed by atoms with van der Waals surface area (Å²) >= 11 is 3.33. The van der Waals surface area contributed by atoms with Gasteiger partial charge in [-0.05, 0) is 30.2 Å². The maximum atomic E-state index is 13.0. The number of hydrogen-bond acceptors (Lipinski definition) is 3. The zero-order chi connectivity index (χ0) is 18.7. The lowest BCUT2D eigenvalue weighted by Gasteiger charge is -2.25. The zero-order valence-electron chi connectivity index (χ0n) is 14.2. The molecule has 0 spiro atoms. The minimum Gasteiger partial charge on any atom is -0.324 e. The monoisotopic (exact) mass is 415 g/mol. The fraction of sp³-hybridized carbons (Fsp3) is 0.211. The molecule has 1 aliphatic rings. The van der Waals surface area contributed by atoms with Crippen molar-refractivity contribution >= 4 is 39.5 Å². The van der Waals surface area contributed by atoms with Crippen LogP contribution in [-0.2, 0) is 15.1 Å². The van der Waals surface area contributed by atoms with Gasteiger partial charge in [-0.15, -0.1) is 0 Å². The van der Waals surface area contributed by atoms with Crippen LogP contribution in [-0.4, -0.2) is 29.3 Å². The summed E-state index contributed by atoms with van der Waals surface area (Å²) in [6.07, 6.45) is 0.394. The first-order valence-electron chi connectivity index (χ1n) is 8.21. The highest BCUT2D eigenvalue weighted by molar-refractivity contribution is 9.10. The van der Waals surface area contributed by atoms with E-state index in [2.05, 4.69) is 26.6 Å². The van der Waals surface area contributed by atoms with Crippen LogP contribution in [0.25, 0.3) is 0 Å². The first-order chi connectivity index (χ1) is 12.5. The Hall–Kier alpha value is -2.67. The van der Waals surface area contributed by atoms with Gasteiger partial charge in [0, 0.05) is 10.2 Å². The van der Waals surface area contributed by atoms with Crippen molar-refractivity contribution in [2.45, 2.75) is 18.9 Å². The van der Waals surface area contributed by atoms with E-state index in [4.69, 9.17) is 0 Å². The Balaban J connectivity index is 1.77. The van der Waals surface area contributed by atoms with Crippen LogP contribution in [0.3, 0.4) is 0 Å². The number of amides is 4. The topological polar surface area (TPSA) is 78.5 Å². The molecule has 26 heavy (non-hydrogen) atoms. The van der Waals surface area contributed by atoms with Gasteiger partial charge in [-0.3, -0.25) is 14.5 Å². The van der Waals surface area contributed by atoms with Crippen LogP contribution in [0.4, 0.5) is 10.5 Å². The molecule has 0 aliphatic carbocycles. The Morgan fingerprint density at radius 3 is 2.54 bits per heavy atom. The van der Waals surface area contributed by atoms with E-state index in [-0.39, 0.29) is 6.54 Å². The summed E-state index contributed by atoms with van der Waals surface area (Å²) in [5.41, 5.74) is 0.158. The minimum absolute atomic E-state index is 0.342. The number of imide groups is 1. The summed E-state index contributed by atoms with van der Waals surface area (Å²) in [6.45, 7) is 1.49. The van der Waals surface area contributed by atoms with Crippen molar-refractivity contribution in [2.24, 2.45) is 0 Å². The molecule has 2 N–H and O–H groups in total. The number of hydrogen-bond donors (Lipinski definition) is 2. The van der Waals surface area contributed by atoms with Crippen molar-refractivity contribution < 1.29 is 14.4 Å². The van der Waals surface area contributed by atoms with Crippen LogP contribution < -0.4 is 10.6 Å². The van der Waals surface area contributed by atoms with Gasteiger partial charge in [-0.2, -0.15) is 0 Å². The molecule has 1 fully saturated rings. The molecule has 2 aromatic carbocycles. The summed E-state index contributed by atoms with van der Waals surface area (Å²) in [4.78, 5) is 38.6. The molecule has 1 heterocycles. The zero-order valence-corrected chi connectivity index (χ0v) is 15.7. The van der Waals surface area contributed by atoms with E-state index in [0.717, 1.165) is 9.37 Å². The third kappa shape index (κ3) is 3.35. The van der Waals surface area contributed by atoms with Gasteiger partial charge in [0.05, 0.1) is 0 Å². The van der Waals surface area contributed by atoms with E-state index in [1.54, 1.807) is 30.3 Å². The van der Waals surface area contributed by atoms with Gasteiger partial charge in [-0.25, -0.2) is 4.79 Å². The van der Waals surface area contributed by atoms with Crippen LogP contribution in [0.5, 0.6) is 0 Å². The van der Waals surface area contributed by atoms with Crippen molar-refractivity contribution in [1.82, 2.24) is 10.2 Å². The lowest BCUT2D eigenvalue weighted by molar-refractivity contribution is -0.134. The second kappa shape index (κ2) is 7.29. The highest BCUT2D eigenvalue weighted by atomic mass is 79.9. The molecule has 0 bridgehead atoms. The van der Waals surface area contributed by atoms with Gasteiger partial charge in [0.15, 0.2) is 0 Å². The number of nitrogens with one attached hydrogen (secondary N) is 2. The molecule has 1 atom stereocenters. The van der Waals surface area contributed by atoms with E-state index in [1.807, 2.05) is 31.2 Å². The predicted octanol–water partition coefficient (Wildman–Crippen LogP) is 3.24. The number of carbonyl (C=O) groups is 3. The summed E-state index contributed by atoms with van der Waals surface area (Å²) < 4.78 is 0.819. The van der Waals surface area contributed by atoms with Crippen molar-refractivity contribution in [2.75, 3.05) is 11.9 Å². The van der Waals surface area contributed by atoms with Crippen molar-refractivity contribution in [3.63, 3.8) is 0 Å². The van der Waals surface area contributed by atoms with Crippen LogP contribution in [0.2, 0.25) is 0 Å². The number of urea groups is 1. The quantitative estimate of drug-likeness (QED) is 0.735. The Kier molecular flexibility index (Phi) is 5.08. The molecule has 0 radical (unpaired) electrons. The van der Waals surface area contributed by atoms with Crippen molar-refractivity contribution in [1.29, 1.82) is 0 Å². The van der Waals surface area contributed by atoms with Gasteiger partial charge >= 0.3 is 6.03 Å². The Morgan fingerprint density at radius 2 is 1.88 bits per heavy atom. The summed E-state index contributed by atoms with van der Waals surface area (Å²) in [7, 11) is 0. The molecule has 0 aromatic heterocycles. The summed E-state index contributed by atoms with van der Waals surface area (Å²) in [6, 6.07) is 15.6. The predicted molar refractivity (Wildman–Crippen MR) is 101 cm³/mol. The molecule has 0 saturated carbocycles. The molecule has 2 aromatic rings. The Bertz CT molecular complexity index is 856. The van der Waals surface area contributed by atoms with E-state index in [0.29, 0.717) is 17.7 Å². The average Bonchev–Trinajstić information content (AvgIpc) is 2.87. The third-order valence-corrected chi connectivity index (χ3v) is 4.88. The largest absolute Gasteiger partial charge is 0.325 e. The molecule has 134 valence electrons. The van der Waals surface area contributed by atoms with Gasteiger partial charge < -0.3 is 10.6 Å². The molecule has 6 nitrogen and oxygen atoms in total. The van der Waals surface area contributed by atoms with Gasteiger partial charge in [0.1, 0.15) is 12.1 Å². The van der Waals surface area contributed by atoms with Crippen LogP contribution in [0.1, 0.15) is 18.9 Å². The van der Waals surface area contributed by atoms with E-state index in [9.17, 15) is 14.4 Å². The van der Waals surface area contributed by atoms with Gasteiger partial charge in [0.25, 0.3) is 5.91 Å². The average molecular weight is 416 g/mol.